The number of aromatic nitrogens is 2. The number of amides is 2. The first-order valence-electron chi connectivity index (χ1n) is 9.05. The van der Waals surface area contributed by atoms with Crippen molar-refractivity contribution in [3.8, 4) is 11.4 Å². The third-order valence-electron chi connectivity index (χ3n) is 4.78. The lowest BCUT2D eigenvalue weighted by Crippen LogP contribution is -2.34. The molecule has 3 aromatic rings. The summed E-state index contributed by atoms with van der Waals surface area (Å²) in [4.78, 5) is 18.6. The van der Waals surface area contributed by atoms with Gasteiger partial charge in [0.05, 0.1) is 16.3 Å². The topological polar surface area (TPSA) is 71.3 Å². The molecule has 1 atom stereocenters. The van der Waals surface area contributed by atoms with Gasteiger partial charge in [0.15, 0.2) is 0 Å². The van der Waals surface area contributed by atoms with E-state index in [1.807, 2.05) is 13.0 Å². The van der Waals surface area contributed by atoms with Crippen LogP contribution in [0.15, 0.2) is 40.9 Å². The second kappa shape index (κ2) is 7.79. The van der Waals surface area contributed by atoms with E-state index in [2.05, 4.69) is 15.5 Å². The molecule has 1 aromatic heterocycles. The molecule has 0 spiro atoms. The van der Waals surface area contributed by atoms with Gasteiger partial charge < -0.3 is 14.7 Å². The number of hydrogen-bond donors (Lipinski definition) is 1. The highest BCUT2D eigenvalue weighted by Gasteiger charge is 2.34. The number of likely N-dealkylation sites (tertiary alicyclic amines) is 1. The summed E-state index contributed by atoms with van der Waals surface area (Å²) >= 11 is 6.19. The minimum atomic E-state index is -0.785. The average molecular weight is 419 g/mol. The lowest BCUT2D eigenvalue weighted by molar-refractivity contribution is 0.193. The first kappa shape index (κ1) is 19.3. The van der Waals surface area contributed by atoms with Crippen LogP contribution in [0.3, 0.4) is 0 Å². The second-order valence-electron chi connectivity index (χ2n) is 6.85. The molecule has 150 valence electrons. The number of aryl methyl sites for hydroxylation is 1. The molecule has 1 aliphatic rings. The number of nitrogens with one attached hydrogen (secondary N) is 1. The molecule has 4 rings (SSSR count). The summed E-state index contributed by atoms with van der Waals surface area (Å²) in [6.45, 7) is 2.41. The van der Waals surface area contributed by atoms with Crippen LogP contribution in [0.25, 0.3) is 11.4 Å². The zero-order valence-electron chi connectivity index (χ0n) is 15.5. The van der Waals surface area contributed by atoms with Crippen LogP contribution in [0.4, 0.5) is 19.3 Å². The van der Waals surface area contributed by atoms with Crippen molar-refractivity contribution < 1.29 is 18.1 Å². The summed E-state index contributed by atoms with van der Waals surface area (Å²) in [5.74, 6) is -1.27. The van der Waals surface area contributed by atoms with E-state index in [0.29, 0.717) is 23.7 Å². The molecule has 1 aliphatic heterocycles. The highest BCUT2D eigenvalue weighted by atomic mass is 35.5. The standard InChI is InChI=1S/C20H17ClF2N4O2/c1-11-4-7-16(14(21)9-11)24-20(28)27-8-2-3-17(27)19-25-18(26-29-19)13-6-5-12(22)10-15(13)23/h4-7,9-10,17H,2-3,8H2,1H3,(H,24,28)/t17-/m0/s1. The predicted octanol–water partition coefficient (Wildman–Crippen LogP) is 5.35. The van der Waals surface area contributed by atoms with Crippen molar-refractivity contribution in [2.24, 2.45) is 0 Å². The molecule has 29 heavy (non-hydrogen) atoms. The maximum absolute atomic E-state index is 14.0. The summed E-state index contributed by atoms with van der Waals surface area (Å²) in [7, 11) is 0. The van der Waals surface area contributed by atoms with Gasteiger partial charge in [-0.1, -0.05) is 22.8 Å². The molecule has 1 fully saturated rings. The van der Waals surface area contributed by atoms with Crippen molar-refractivity contribution in [1.29, 1.82) is 0 Å². The first-order chi connectivity index (χ1) is 13.9. The van der Waals surface area contributed by atoms with E-state index in [1.54, 1.807) is 17.0 Å². The molecule has 0 saturated carbocycles. The van der Waals surface area contributed by atoms with Gasteiger partial charge in [-0.05, 0) is 49.6 Å². The Labute approximate surface area is 170 Å². The number of carbonyl (C=O) groups excluding carboxylic acids is 1. The van der Waals surface area contributed by atoms with Gasteiger partial charge in [0, 0.05) is 12.6 Å². The third kappa shape index (κ3) is 3.93. The third-order valence-corrected chi connectivity index (χ3v) is 5.09. The zero-order chi connectivity index (χ0) is 20.5. The quantitative estimate of drug-likeness (QED) is 0.622. The molecule has 0 bridgehead atoms. The minimum absolute atomic E-state index is 0.00587. The maximum Gasteiger partial charge on any atom is 0.322 e. The molecule has 6 nitrogen and oxygen atoms in total. The van der Waals surface area contributed by atoms with Gasteiger partial charge in [-0.25, -0.2) is 13.6 Å². The van der Waals surface area contributed by atoms with Crippen molar-refractivity contribution in [3.05, 3.63) is 64.5 Å². The van der Waals surface area contributed by atoms with Crippen molar-refractivity contribution in [1.82, 2.24) is 15.0 Å². The van der Waals surface area contributed by atoms with Gasteiger partial charge in [-0.15, -0.1) is 0 Å². The minimum Gasteiger partial charge on any atom is -0.337 e. The fourth-order valence-corrected chi connectivity index (χ4v) is 3.61. The van der Waals surface area contributed by atoms with Gasteiger partial charge in [-0.2, -0.15) is 4.98 Å². The normalized spacial score (nSPS) is 16.3. The molecule has 9 heteroatoms. The number of rotatable bonds is 3. The Balaban J connectivity index is 1.54. The van der Waals surface area contributed by atoms with Gasteiger partial charge in [0.1, 0.15) is 17.7 Å². The summed E-state index contributed by atoms with van der Waals surface area (Å²) < 4.78 is 32.4. The first-order valence-corrected chi connectivity index (χ1v) is 9.43. The number of benzene rings is 2. The Hall–Kier alpha value is -3.00. The van der Waals surface area contributed by atoms with E-state index in [-0.39, 0.29) is 23.3 Å². The molecule has 0 aliphatic carbocycles. The van der Waals surface area contributed by atoms with Crippen LogP contribution in [0.5, 0.6) is 0 Å². The van der Waals surface area contributed by atoms with Crippen LogP contribution < -0.4 is 5.32 Å². The van der Waals surface area contributed by atoms with Crippen LogP contribution in [-0.4, -0.2) is 27.6 Å². The lowest BCUT2D eigenvalue weighted by Gasteiger charge is -2.22. The number of anilines is 1. The number of hydrogen-bond acceptors (Lipinski definition) is 4. The average Bonchev–Trinajstić information content (AvgIpc) is 3.33. The summed E-state index contributed by atoms with van der Waals surface area (Å²) in [6, 6.07) is 7.70. The molecule has 1 N–H and O–H groups in total. The largest absolute Gasteiger partial charge is 0.337 e. The molecular weight excluding hydrogens is 402 g/mol. The number of urea groups is 1. The summed E-state index contributed by atoms with van der Waals surface area (Å²) in [6.07, 6.45) is 1.38. The fraction of sp³-hybridized carbons (Fsp3) is 0.250. The van der Waals surface area contributed by atoms with Crippen molar-refractivity contribution in [2.45, 2.75) is 25.8 Å². The van der Waals surface area contributed by atoms with E-state index in [0.717, 1.165) is 24.1 Å². The van der Waals surface area contributed by atoms with E-state index in [1.165, 1.54) is 6.07 Å². The van der Waals surface area contributed by atoms with Crippen LogP contribution in [0, 0.1) is 18.6 Å². The predicted molar refractivity (Wildman–Crippen MR) is 104 cm³/mol. The Bertz CT molecular complexity index is 1070. The van der Waals surface area contributed by atoms with Crippen LogP contribution >= 0.6 is 11.6 Å². The summed E-state index contributed by atoms with van der Waals surface area (Å²) in [5, 5.41) is 7.04. The van der Waals surface area contributed by atoms with Crippen LogP contribution in [0.2, 0.25) is 5.02 Å². The van der Waals surface area contributed by atoms with Gasteiger partial charge in [-0.3, -0.25) is 0 Å². The maximum atomic E-state index is 14.0. The lowest BCUT2D eigenvalue weighted by atomic mass is 10.2. The van der Waals surface area contributed by atoms with Crippen LogP contribution in [0.1, 0.15) is 30.3 Å². The summed E-state index contributed by atoms with van der Waals surface area (Å²) in [5.41, 5.74) is 1.52. The van der Waals surface area contributed by atoms with Crippen LogP contribution in [-0.2, 0) is 0 Å². The number of nitrogens with zero attached hydrogens (tertiary/aromatic N) is 3. The van der Waals surface area contributed by atoms with E-state index in [4.69, 9.17) is 16.1 Å². The molecule has 1 saturated heterocycles. The fourth-order valence-electron chi connectivity index (χ4n) is 3.33. The van der Waals surface area contributed by atoms with Crippen molar-refractivity contribution in [3.63, 3.8) is 0 Å². The molecular formula is C20H17ClF2N4O2. The van der Waals surface area contributed by atoms with E-state index in [9.17, 15) is 13.6 Å². The molecule has 2 heterocycles. The Morgan fingerprint density at radius 2 is 2.10 bits per heavy atom. The highest BCUT2D eigenvalue weighted by Crippen LogP contribution is 2.33. The smallest absolute Gasteiger partial charge is 0.322 e. The molecule has 2 amide bonds. The monoisotopic (exact) mass is 418 g/mol. The van der Waals surface area contributed by atoms with Gasteiger partial charge >= 0.3 is 6.03 Å². The van der Waals surface area contributed by atoms with E-state index < -0.39 is 17.7 Å². The van der Waals surface area contributed by atoms with Crippen molar-refractivity contribution >= 4 is 23.3 Å². The Morgan fingerprint density at radius 1 is 1.28 bits per heavy atom. The second-order valence-corrected chi connectivity index (χ2v) is 7.25. The molecule has 0 radical (unpaired) electrons. The SMILES string of the molecule is Cc1ccc(NC(=O)N2CCC[C@H]2c2nc(-c3ccc(F)cc3F)no2)c(Cl)c1. The van der Waals surface area contributed by atoms with Crippen molar-refractivity contribution in [2.75, 3.05) is 11.9 Å². The van der Waals surface area contributed by atoms with Gasteiger partial charge in [0.2, 0.25) is 11.7 Å². The molecule has 0 unspecified atom stereocenters. The molecule has 2 aromatic carbocycles. The Morgan fingerprint density at radius 3 is 2.86 bits per heavy atom. The Kier molecular flexibility index (Phi) is 5.19. The van der Waals surface area contributed by atoms with Gasteiger partial charge in [0.25, 0.3) is 0 Å². The highest BCUT2D eigenvalue weighted by molar-refractivity contribution is 6.33. The van der Waals surface area contributed by atoms with E-state index >= 15 is 0 Å². The zero-order valence-corrected chi connectivity index (χ0v) is 16.2. The number of halogens is 3. The number of carbonyl (C=O) groups is 1.